The van der Waals surface area contributed by atoms with Gasteiger partial charge < -0.3 is 35.1 Å². The maximum atomic E-state index is 13.1. The van der Waals surface area contributed by atoms with Crippen LogP contribution in [0.25, 0.3) is 0 Å². The Morgan fingerprint density at radius 3 is 2.45 bits per heavy atom. The highest BCUT2D eigenvalue weighted by atomic mass is 16.5. The van der Waals surface area contributed by atoms with Crippen LogP contribution in [0.3, 0.4) is 0 Å². The molecule has 4 unspecified atom stereocenters. The smallest absolute Gasteiger partial charge is 0.252 e. The van der Waals surface area contributed by atoms with Gasteiger partial charge in [0.2, 0.25) is 0 Å². The molecule has 0 saturated heterocycles. The van der Waals surface area contributed by atoms with E-state index >= 15 is 0 Å². The molecule has 8 nitrogen and oxygen atoms in total. The van der Waals surface area contributed by atoms with Gasteiger partial charge in [0, 0.05) is 39.8 Å². The number of carbonyl (C=O) groups is 1. The molecule has 218 valence electrons. The molecule has 1 saturated carbocycles. The second kappa shape index (κ2) is 16.3. The zero-order chi connectivity index (χ0) is 28.1. The number of hydrogen-bond acceptors (Lipinski definition) is 7. The number of aliphatic hydroxyl groups excluding tert-OH is 1. The van der Waals surface area contributed by atoms with E-state index in [2.05, 4.69) is 25.2 Å². The predicted molar refractivity (Wildman–Crippen MR) is 151 cm³/mol. The van der Waals surface area contributed by atoms with Crippen LogP contribution in [-0.2, 0) is 20.7 Å². The van der Waals surface area contributed by atoms with Gasteiger partial charge in [-0.2, -0.15) is 0 Å². The zero-order valence-corrected chi connectivity index (χ0v) is 24.5. The van der Waals surface area contributed by atoms with Crippen molar-refractivity contribution in [3.63, 3.8) is 0 Å². The summed E-state index contributed by atoms with van der Waals surface area (Å²) in [6.07, 6.45) is 6.81. The van der Waals surface area contributed by atoms with E-state index in [-0.39, 0.29) is 24.3 Å². The van der Waals surface area contributed by atoms with Gasteiger partial charge in [-0.15, -0.1) is 0 Å². The fourth-order valence-electron chi connectivity index (χ4n) is 5.37. The fraction of sp³-hybridized carbons (Fsp3) is 0.767. The first-order valence-electron chi connectivity index (χ1n) is 14.2. The zero-order valence-electron chi connectivity index (χ0n) is 24.5. The van der Waals surface area contributed by atoms with E-state index in [4.69, 9.17) is 24.7 Å². The minimum absolute atomic E-state index is 0.110. The third-order valence-corrected chi connectivity index (χ3v) is 8.22. The molecule has 8 heteroatoms. The van der Waals surface area contributed by atoms with E-state index in [1.165, 1.54) is 6.42 Å². The van der Waals surface area contributed by atoms with Gasteiger partial charge in [0.05, 0.1) is 19.8 Å². The molecular weight excluding hydrogens is 484 g/mol. The van der Waals surface area contributed by atoms with Gasteiger partial charge in [-0.05, 0) is 68.1 Å². The Labute approximate surface area is 229 Å². The highest BCUT2D eigenvalue weighted by Crippen LogP contribution is 2.35. The van der Waals surface area contributed by atoms with Gasteiger partial charge in [0.15, 0.2) is 11.5 Å². The highest BCUT2D eigenvalue weighted by Gasteiger charge is 2.42. The molecule has 0 spiro atoms. The van der Waals surface area contributed by atoms with E-state index < -0.39 is 17.7 Å². The second-order valence-corrected chi connectivity index (χ2v) is 11.2. The van der Waals surface area contributed by atoms with Crippen LogP contribution in [0.2, 0.25) is 0 Å². The van der Waals surface area contributed by atoms with E-state index in [9.17, 15) is 9.90 Å². The average molecular weight is 537 g/mol. The molecular formula is C30H52N2O6. The molecule has 1 aromatic carbocycles. The van der Waals surface area contributed by atoms with Gasteiger partial charge >= 0.3 is 0 Å². The highest BCUT2D eigenvalue weighted by molar-refractivity contribution is 5.85. The molecule has 1 aliphatic rings. The lowest BCUT2D eigenvalue weighted by Crippen LogP contribution is -2.54. The number of carbonyl (C=O) groups excluding carboxylic acids is 1. The number of hydrogen-bond donors (Lipinski definition) is 3. The molecule has 0 aliphatic heterocycles. The Morgan fingerprint density at radius 1 is 1.13 bits per heavy atom. The topological polar surface area (TPSA) is 112 Å². The molecule has 0 bridgehead atoms. The first kappa shape index (κ1) is 32.3. The Hall–Kier alpha value is -1.87. The fourth-order valence-corrected chi connectivity index (χ4v) is 5.37. The molecule has 4 N–H and O–H groups in total. The lowest BCUT2D eigenvalue weighted by Gasteiger charge is -2.37. The normalized spacial score (nSPS) is 18.4. The summed E-state index contributed by atoms with van der Waals surface area (Å²) in [6, 6.07) is 5.55. The third kappa shape index (κ3) is 9.40. The van der Waals surface area contributed by atoms with Crippen molar-refractivity contribution < 1.29 is 28.8 Å². The van der Waals surface area contributed by atoms with Crippen LogP contribution in [0.5, 0.6) is 11.5 Å². The molecule has 2 rings (SSSR count). The van der Waals surface area contributed by atoms with Crippen molar-refractivity contribution in [2.75, 3.05) is 41.1 Å². The number of nitrogens with one attached hydrogen (secondary N) is 1. The first-order valence-corrected chi connectivity index (χ1v) is 14.2. The van der Waals surface area contributed by atoms with Crippen LogP contribution in [0.15, 0.2) is 18.2 Å². The lowest BCUT2D eigenvalue weighted by molar-refractivity contribution is -0.150. The molecule has 1 aromatic rings. The van der Waals surface area contributed by atoms with Crippen molar-refractivity contribution in [2.24, 2.45) is 23.5 Å². The molecule has 1 aliphatic carbocycles. The van der Waals surface area contributed by atoms with Crippen molar-refractivity contribution in [3.05, 3.63) is 23.8 Å². The molecule has 0 aromatic heterocycles. The molecule has 1 fully saturated rings. The third-order valence-electron chi connectivity index (χ3n) is 8.22. The van der Waals surface area contributed by atoms with E-state index in [0.29, 0.717) is 31.3 Å². The first-order chi connectivity index (χ1) is 18.2. The summed E-state index contributed by atoms with van der Waals surface area (Å²) >= 11 is 0. The van der Waals surface area contributed by atoms with Crippen molar-refractivity contribution in [3.8, 4) is 11.5 Å². The molecule has 0 radical (unpaired) electrons. The number of amides is 1. The quantitative estimate of drug-likeness (QED) is 0.257. The summed E-state index contributed by atoms with van der Waals surface area (Å²) in [6.45, 7) is 7.51. The van der Waals surface area contributed by atoms with Crippen molar-refractivity contribution in [1.29, 1.82) is 0 Å². The minimum Gasteiger partial charge on any atom is -0.493 e. The van der Waals surface area contributed by atoms with E-state index in [1.54, 1.807) is 21.3 Å². The molecule has 0 heterocycles. The van der Waals surface area contributed by atoms with Crippen LogP contribution in [0.4, 0.5) is 0 Å². The summed E-state index contributed by atoms with van der Waals surface area (Å²) in [5.74, 6) is 2.04. The summed E-state index contributed by atoms with van der Waals surface area (Å²) < 4.78 is 22.2. The van der Waals surface area contributed by atoms with Crippen LogP contribution in [0.1, 0.15) is 71.3 Å². The van der Waals surface area contributed by atoms with Gasteiger partial charge in [0.1, 0.15) is 5.60 Å². The van der Waals surface area contributed by atoms with Gasteiger partial charge in [-0.1, -0.05) is 39.2 Å². The average Bonchev–Trinajstić information content (AvgIpc) is 2.93. The summed E-state index contributed by atoms with van der Waals surface area (Å²) in [5.41, 5.74) is 6.70. The SMILES string of the molecule is COCCCOc1cc(CC(CC(N)C(O)CNC(=O)C(C)(OC)C2CCCCC2)C(C)C)ccc1OC. The number of aliphatic hydroxyl groups is 1. The standard InChI is InChI=1S/C30H52N2O6/c1-21(2)23(17-22-13-14-27(36-5)28(18-22)38-16-10-15-35-4)19-25(31)26(33)20-32-29(34)30(3,37-6)24-11-8-7-9-12-24/h13-14,18,21,23-26,33H,7-12,15-17,19-20,31H2,1-6H3,(H,32,34). The number of benzene rings is 1. The molecule has 38 heavy (non-hydrogen) atoms. The van der Waals surface area contributed by atoms with Gasteiger partial charge in [-0.25, -0.2) is 0 Å². The van der Waals surface area contributed by atoms with Crippen molar-refractivity contribution >= 4 is 5.91 Å². The number of ether oxygens (including phenoxy) is 4. The van der Waals surface area contributed by atoms with Crippen molar-refractivity contribution in [1.82, 2.24) is 5.32 Å². The Balaban J connectivity index is 1.96. The number of nitrogens with two attached hydrogens (primary N) is 1. The maximum Gasteiger partial charge on any atom is 0.252 e. The Morgan fingerprint density at radius 2 is 1.84 bits per heavy atom. The molecule has 4 atom stereocenters. The number of methoxy groups -OCH3 is 3. The van der Waals surface area contributed by atoms with E-state index in [1.807, 2.05) is 19.1 Å². The largest absolute Gasteiger partial charge is 0.493 e. The molecule has 1 amide bonds. The summed E-state index contributed by atoms with van der Waals surface area (Å²) in [4.78, 5) is 13.1. The summed E-state index contributed by atoms with van der Waals surface area (Å²) in [5, 5.41) is 13.8. The minimum atomic E-state index is -0.886. The van der Waals surface area contributed by atoms with Crippen LogP contribution >= 0.6 is 0 Å². The van der Waals surface area contributed by atoms with Crippen molar-refractivity contribution in [2.45, 2.75) is 89.9 Å². The van der Waals surface area contributed by atoms with Gasteiger partial charge in [-0.3, -0.25) is 4.79 Å². The van der Waals surface area contributed by atoms with Gasteiger partial charge in [0.25, 0.3) is 5.91 Å². The van der Waals surface area contributed by atoms with E-state index in [0.717, 1.165) is 49.8 Å². The predicted octanol–water partition coefficient (Wildman–Crippen LogP) is 4.11. The monoisotopic (exact) mass is 536 g/mol. The van der Waals surface area contributed by atoms with Crippen LogP contribution in [-0.4, -0.2) is 69.8 Å². The Kier molecular flexibility index (Phi) is 13.9. The van der Waals surface area contributed by atoms with Crippen LogP contribution in [0, 0.1) is 17.8 Å². The maximum absolute atomic E-state index is 13.1. The lowest BCUT2D eigenvalue weighted by atomic mass is 9.77. The number of rotatable bonds is 17. The Bertz CT molecular complexity index is 829. The second-order valence-electron chi connectivity index (χ2n) is 11.2. The summed E-state index contributed by atoms with van der Waals surface area (Å²) in [7, 11) is 4.91. The van der Waals surface area contributed by atoms with Crippen LogP contribution < -0.4 is 20.5 Å².